The molecule has 4 heteroatoms. The van der Waals surface area contributed by atoms with E-state index in [1.165, 1.54) is 13.0 Å². The van der Waals surface area contributed by atoms with Crippen LogP contribution in [0.4, 0.5) is 0 Å². The van der Waals surface area contributed by atoms with Crippen molar-refractivity contribution in [3.05, 3.63) is 17.8 Å². The van der Waals surface area contributed by atoms with E-state index >= 15 is 0 Å². The van der Waals surface area contributed by atoms with E-state index in [1.807, 2.05) is 0 Å². The molecule has 0 aliphatic carbocycles. The molecule has 0 amide bonds. The van der Waals surface area contributed by atoms with Crippen molar-refractivity contribution in [2.24, 2.45) is 11.7 Å². The fourth-order valence-electron chi connectivity index (χ4n) is 2.21. The maximum Gasteiger partial charge on any atom is 0.194 e. The lowest BCUT2D eigenvalue weighted by atomic mass is 10.1. The van der Waals surface area contributed by atoms with E-state index in [9.17, 15) is 0 Å². The molecule has 2 atom stereocenters. The molecule has 0 saturated carbocycles. The van der Waals surface area contributed by atoms with Crippen molar-refractivity contribution < 1.29 is 4.42 Å². The zero-order valence-electron chi connectivity index (χ0n) is 10.1. The summed E-state index contributed by atoms with van der Waals surface area (Å²) >= 11 is 0. The highest BCUT2D eigenvalue weighted by molar-refractivity contribution is 5.04. The van der Waals surface area contributed by atoms with Crippen LogP contribution < -0.4 is 5.73 Å². The standard InChI is InChI=1S/C12H21N3O/c1-9(6-13)11-8-16-12(14-11)5-10-3-4-15(2)7-10/h8-10H,3-7,13H2,1-2H3. The maximum absolute atomic E-state index is 5.61. The normalized spacial score (nSPS) is 23.8. The van der Waals surface area contributed by atoms with E-state index in [-0.39, 0.29) is 0 Å². The van der Waals surface area contributed by atoms with Gasteiger partial charge in [-0.15, -0.1) is 0 Å². The summed E-state index contributed by atoms with van der Waals surface area (Å²) in [6, 6.07) is 0. The van der Waals surface area contributed by atoms with Crippen LogP contribution in [0.1, 0.15) is 30.8 Å². The van der Waals surface area contributed by atoms with Gasteiger partial charge in [0.25, 0.3) is 0 Å². The van der Waals surface area contributed by atoms with Crippen LogP contribution in [0.15, 0.2) is 10.7 Å². The van der Waals surface area contributed by atoms with Crippen LogP contribution in [0.3, 0.4) is 0 Å². The molecule has 2 N–H and O–H groups in total. The summed E-state index contributed by atoms with van der Waals surface area (Å²) in [5.41, 5.74) is 6.60. The Morgan fingerprint density at radius 2 is 2.50 bits per heavy atom. The van der Waals surface area contributed by atoms with Gasteiger partial charge < -0.3 is 15.1 Å². The van der Waals surface area contributed by atoms with Gasteiger partial charge in [-0.05, 0) is 25.9 Å². The van der Waals surface area contributed by atoms with Crippen LogP contribution in [0.2, 0.25) is 0 Å². The van der Waals surface area contributed by atoms with Crippen LogP contribution in [0.25, 0.3) is 0 Å². The molecule has 2 unspecified atom stereocenters. The maximum atomic E-state index is 5.61. The summed E-state index contributed by atoms with van der Waals surface area (Å²) in [5, 5.41) is 0. The molecule has 1 aliphatic heterocycles. The lowest BCUT2D eigenvalue weighted by Crippen LogP contribution is -2.15. The first kappa shape index (κ1) is 11.6. The van der Waals surface area contributed by atoms with Gasteiger partial charge in [-0.2, -0.15) is 0 Å². The minimum absolute atomic E-state index is 0.295. The third-order valence-corrected chi connectivity index (χ3v) is 3.38. The summed E-state index contributed by atoms with van der Waals surface area (Å²) in [7, 11) is 2.16. The van der Waals surface area contributed by atoms with Gasteiger partial charge in [-0.1, -0.05) is 6.92 Å². The number of oxazole rings is 1. The highest BCUT2D eigenvalue weighted by Crippen LogP contribution is 2.20. The second kappa shape index (κ2) is 4.97. The average molecular weight is 223 g/mol. The Bertz CT molecular complexity index is 337. The van der Waals surface area contributed by atoms with Crippen LogP contribution in [0, 0.1) is 5.92 Å². The van der Waals surface area contributed by atoms with Gasteiger partial charge >= 0.3 is 0 Å². The molecule has 1 saturated heterocycles. The Morgan fingerprint density at radius 1 is 1.69 bits per heavy atom. The minimum Gasteiger partial charge on any atom is -0.449 e. The van der Waals surface area contributed by atoms with Crippen LogP contribution in [0.5, 0.6) is 0 Å². The lowest BCUT2D eigenvalue weighted by Gasteiger charge is -2.07. The summed E-state index contributed by atoms with van der Waals surface area (Å²) in [4.78, 5) is 6.86. The number of hydrogen-bond donors (Lipinski definition) is 1. The Kier molecular flexibility index (Phi) is 3.61. The smallest absolute Gasteiger partial charge is 0.194 e. The summed E-state index contributed by atoms with van der Waals surface area (Å²) in [5.74, 6) is 1.86. The molecule has 90 valence electrons. The summed E-state index contributed by atoms with van der Waals surface area (Å²) < 4.78 is 5.50. The Morgan fingerprint density at radius 3 is 3.12 bits per heavy atom. The topological polar surface area (TPSA) is 55.3 Å². The molecule has 0 bridgehead atoms. The van der Waals surface area contributed by atoms with E-state index in [2.05, 4.69) is 23.9 Å². The van der Waals surface area contributed by atoms with Gasteiger partial charge in [0.15, 0.2) is 5.89 Å². The molecular weight excluding hydrogens is 202 g/mol. The molecule has 0 aromatic carbocycles. The van der Waals surface area contributed by atoms with E-state index < -0.39 is 0 Å². The zero-order valence-corrected chi connectivity index (χ0v) is 10.1. The third-order valence-electron chi connectivity index (χ3n) is 3.38. The summed E-state index contributed by atoms with van der Waals surface area (Å²) in [6.45, 7) is 5.05. The lowest BCUT2D eigenvalue weighted by molar-refractivity contribution is 0.379. The van der Waals surface area contributed by atoms with Gasteiger partial charge in [-0.25, -0.2) is 4.98 Å². The molecule has 2 heterocycles. The van der Waals surface area contributed by atoms with Crippen molar-refractivity contribution in [2.45, 2.75) is 25.7 Å². The minimum atomic E-state index is 0.295. The van der Waals surface area contributed by atoms with E-state index in [0.29, 0.717) is 18.4 Å². The molecule has 0 spiro atoms. The van der Waals surface area contributed by atoms with Gasteiger partial charge in [0, 0.05) is 25.4 Å². The fourth-order valence-corrected chi connectivity index (χ4v) is 2.21. The monoisotopic (exact) mass is 223 g/mol. The molecule has 16 heavy (non-hydrogen) atoms. The Labute approximate surface area is 96.8 Å². The first-order valence-corrected chi connectivity index (χ1v) is 6.02. The molecule has 1 aromatic rings. The fraction of sp³-hybridized carbons (Fsp3) is 0.750. The number of nitrogens with zero attached hydrogens (tertiary/aromatic N) is 2. The van der Waals surface area contributed by atoms with Crippen LogP contribution >= 0.6 is 0 Å². The van der Waals surface area contributed by atoms with Crippen molar-refractivity contribution in [3.63, 3.8) is 0 Å². The van der Waals surface area contributed by atoms with Crippen molar-refractivity contribution in [1.82, 2.24) is 9.88 Å². The third kappa shape index (κ3) is 2.62. The summed E-state index contributed by atoms with van der Waals surface area (Å²) in [6.07, 6.45) is 3.97. The number of likely N-dealkylation sites (tertiary alicyclic amines) is 1. The predicted molar refractivity (Wildman–Crippen MR) is 63.3 cm³/mol. The first-order valence-electron chi connectivity index (χ1n) is 6.02. The highest BCUT2D eigenvalue weighted by atomic mass is 16.3. The number of rotatable bonds is 4. The van der Waals surface area contributed by atoms with Crippen molar-refractivity contribution in [3.8, 4) is 0 Å². The largest absolute Gasteiger partial charge is 0.449 e. The van der Waals surface area contributed by atoms with Gasteiger partial charge in [0.05, 0.1) is 5.69 Å². The van der Waals surface area contributed by atoms with Crippen LogP contribution in [-0.4, -0.2) is 36.6 Å². The van der Waals surface area contributed by atoms with Gasteiger partial charge in [-0.3, -0.25) is 0 Å². The number of nitrogens with two attached hydrogens (primary N) is 1. The van der Waals surface area contributed by atoms with Crippen molar-refractivity contribution in [2.75, 3.05) is 26.7 Å². The van der Waals surface area contributed by atoms with E-state index in [4.69, 9.17) is 10.2 Å². The Balaban J connectivity index is 1.92. The second-order valence-electron chi connectivity index (χ2n) is 4.92. The molecule has 1 fully saturated rings. The van der Waals surface area contributed by atoms with Crippen molar-refractivity contribution >= 4 is 0 Å². The quantitative estimate of drug-likeness (QED) is 0.834. The van der Waals surface area contributed by atoms with E-state index in [0.717, 1.165) is 24.6 Å². The zero-order chi connectivity index (χ0) is 11.5. The van der Waals surface area contributed by atoms with Gasteiger partial charge in [0.2, 0.25) is 0 Å². The molecule has 1 aliphatic rings. The van der Waals surface area contributed by atoms with Gasteiger partial charge in [0.1, 0.15) is 6.26 Å². The highest BCUT2D eigenvalue weighted by Gasteiger charge is 2.22. The van der Waals surface area contributed by atoms with Crippen molar-refractivity contribution in [1.29, 1.82) is 0 Å². The predicted octanol–water partition coefficient (Wildman–Crippen LogP) is 1.23. The number of hydrogen-bond acceptors (Lipinski definition) is 4. The molecule has 1 aromatic heterocycles. The molecule has 4 nitrogen and oxygen atoms in total. The SMILES string of the molecule is CC(CN)c1coc(CC2CCN(C)C2)n1. The van der Waals surface area contributed by atoms with E-state index in [1.54, 1.807) is 6.26 Å². The Hall–Kier alpha value is -0.870. The second-order valence-corrected chi connectivity index (χ2v) is 4.92. The molecule has 2 rings (SSSR count). The number of aromatic nitrogens is 1. The first-order chi connectivity index (χ1) is 7.69. The average Bonchev–Trinajstić information content (AvgIpc) is 2.87. The molecular formula is C12H21N3O. The molecule has 0 radical (unpaired) electrons. The van der Waals surface area contributed by atoms with Crippen LogP contribution in [-0.2, 0) is 6.42 Å².